The Morgan fingerprint density at radius 3 is 2.71 bits per heavy atom. The van der Waals surface area contributed by atoms with Crippen LogP contribution in [0.5, 0.6) is 0 Å². The molecule has 170 valence electrons. The number of carbonyl (C=O) groups excluding carboxylic acids is 2. The molecule has 1 aliphatic heterocycles. The average Bonchev–Trinajstić information content (AvgIpc) is 3.19. The van der Waals surface area contributed by atoms with E-state index >= 15 is 0 Å². The van der Waals surface area contributed by atoms with Gasteiger partial charge in [-0.25, -0.2) is 4.79 Å². The van der Waals surface area contributed by atoms with Gasteiger partial charge in [-0.3, -0.25) is 19.1 Å². The lowest BCUT2D eigenvalue weighted by molar-refractivity contribution is -0.133. The van der Waals surface area contributed by atoms with Crippen LogP contribution in [0.1, 0.15) is 17.0 Å². The minimum atomic E-state index is -0.849. The number of benzene rings is 1. The number of methoxy groups -OCH3 is 1. The van der Waals surface area contributed by atoms with E-state index in [2.05, 4.69) is 21.1 Å². The second-order valence-electron chi connectivity index (χ2n) is 7.29. The SMILES string of the molecule is COC(=O)C=c1sc2n(c1=O)C(N)=C(C#N)C(c1cccnc1)C=2C(=O)NCc1ccccc1. The van der Waals surface area contributed by atoms with Gasteiger partial charge < -0.3 is 15.8 Å². The smallest absolute Gasteiger partial charge is 0.332 e. The predicted molar refractivity (Wildman–Crippen MR) is 126 cm³/mol. The van der Waals surface area contributed by atoms with Crippen LogP contribution < -0.4 is 25.8 Å². The highest BCUT2D eigenvalue weighted by Gasteiger charge is 2.35. The fourth-order valence-corrected chi connectivity index (χ4v) is 4.82. The normalized spacial score (nSPS) is 15.5. The fraction of sp³-hybridized carbons (Fsp3) is 0.125. The summed E-state index contributed by atoms with van der Waals surface area (Å²) in [4.78, 5) is 42.5. The number of pyridine rings is 1. The van der Waals surface area contributed by atoms with Crippen LogP contribution in [-0.4, -0.2) is 28.5 Å². The van der Waals surface area contributed by atoms with Gasteiger partial charge in [-0.2, -0.15) is 5.26 Å². The summed E-state index contributed by atoms with van der Waals surface area (Å²) in [5.41, 5.74) is 7.30. The Hall–Kier alpha value is -4.49. The number of nitrogens with one attached hydrogen (secondary N) is 1. The molecule has 1 amide bonds. The van der Waals surface area contributed by atoms with Crippen LogP contribution >= 0.6 is 11.3 Å². The molecule has 0 saturated heterocycles. The number of amides is 1. The van der Waals surface area contributed by atoms with Gasteiger partial charge in [0, 0.05) is 25.0 Å². The number of nitrogens with zero attached hydrogens (tertiary/aromatic N) is 3. The third-order valence-corrected chi connectivity index (χ3v) is 6.39. The van der Waals surface area contributed by atoms with E-state index in [0.717, 1.165) is 27.5 Å². The quantitative estimate of drug-likeness (QED) is 0.504. The number of rotatable bonds is 5. The Morgan fingerprint density at radius 1 is 1.29 bits per heavy atom. The molecule has 3 aromatic rings. The van der Waals surface area contributed by atoms with Gasteiger partial charge in [0.15, 0.2) is 0 Å². The number of hydrogen-bond donors (Lipinski definition) is 2. The van der Waals surface area contributed by atoms with Crippen LogP contribution in [0.25, 0.3) is 17.5 Å². The summed E-state index contributed by atoms with van der Waals surface area (Å²) in [5.74, 6) is -2.15. The minimum Gasteiger partial charge on any atom is -0.466 e. The maximum Gasteiger partial charge on any atom is 0.332 e. The lowest BCUT2D eigenvalue weighted by atomic mass is 9.84. The molecule has 0 spiro atoms. The molecule has 0 aliphatic carbocycles. The average molecular weight is 474 g/mol. The largest absolute Gasteiger partial charge is 0.466 e. The predicted octanol–water partition coefficient (Wildman–Crippen LogP) is 0.174. The van der Waals surface area contributed by atoms with E-state index in [-0.39, 0.29) is 32.7 Å². The highest BCUT2D eigenvalue weighted by molar-refractivity contribution is 7.07. The third kappa shape index (κ3) is 4.12. The van der Waals surface area contributed by atoms with Gasteiger partial charge in [-0.15, -0.1) is 11.3 Å². The van der Waals surface area contributed by atoms with Crippen LogP contribution in [0.2, 0.25) is 0 Å². The molecular formula is C24H19N5O4S. The first-order valence-electron chi connectivity index (χ1n) is 10.1. The number of fused-ring (bicyclic) bond motifs is 1. The maximum absolute atomic E-state index is 13.5. The molecule has 1 aromatic carbocycles. The number of nitriles is 1. The number of hydrogen-bond acceptors (Lipinski definition) is 8. The van der Waals surface area contributed by atoms with E-state index in [9.17, 15) is 19.6 Å². The maximum atomic E-state index is 13.5. The topological polar surface area (TPSA) is 140 Å². The summed E-state index contributed by atoms with van der Waals surface area (Å²) >= 11 is 0.931. The molecule has 34 heavy (non-hydrogen) atoms. The molecule has 3 N–H and O–H groups in total. The van der Waals surface area contributed by atoms with Crippen molar-refractivity contribution in [1.82, 2.24) is 14.9 Å². The van der Waals surface area contributed by atoms with Crippen molar-refractivity contribution in [1.29, 1.82) is 5.26 Å². The number of thiazole rings is 1. The number of esters is 1. The molecule has 2 aromatic heterocycles. The standard InChI is InChI=1S/C24H19N5O4S/c1-33-18(30)10-17-23(32)29-21(26)16(11-25)19(15-8-5-9-27-13-15)20(24(29)34-17)22(31)28-12-14-6-3-2-4-7-14/h2-10,13,19H,12,26H2,1H3,(H,28,31). The first kappa shape index (κ1) is 22.7. The molecule has 10 heteroatoms. The third-order valence-electron chi connectivity index (χ3n) is 5.28. The van der Waals surface area contributed by atoms with Crippen LogP contribution in [0.15, 0.2) is 65.2 Å². The summed E-state index contributed by atoms with van der Waals surface area (Å²) in [6.07, 6.45) is 4.16. The second-order valence-corrected chi connectivity index (χ2v) is 8.32. The minimum absolute atomic E-state index is 0.0299. The van der Waals surface area contributed by atoms with Crippen LogP contribution in [-0.2, 0) is 20.9 Å². The van der Waals surface area contributed by atoms with Crippen molar-refractivity contribution in [3.8, 4) is 6.07 Å². The first-order valence-corrected chi connectivity index (χ1v) is 11.0. The molecule has 4 rings (SSSR count). The zero-order valence-corrected chi connectivity index (χ0v) is 18.8. The van der Waals surface area contributed by atoms with Gasteiger partial charge in [-0.05, 0) is 17.2 Å². The Bertz CT molecular complexity index is 1520. The zero-order chi connectivity index (χ0) is 24.2. The number of allylic oxidation sites excluding steroid dienone is 1. The van der Waals surface area contributed by atoms with E-state index in [1.165, 1.54) is 7.11 Å². The number of carbonyl (C=O) groups is 2. The fourth-order valence-electron chi connectivity index (χ4n) is 3.69. The molecule has 1 unspecified atom stereocenters. The van der Waals surface area contributed by atoms with Gasteiger partial charge in [0.25, 0.3) is 11.5 Å². The lowest BCUT2D eigenvalue weighted by Gasteiger charge is -2.25. The molecule has 0 saturated carbocycles. The summed E-state index contributed by atoms with van der Waals surface area (Å²) in [6.45, 7) is 0.237. The van der Waals surface area contributed by atoms with Crippen molar-refractivity contribution < 1.29 is 14.3 Å². The Labute approximate surface area is 197 Å². The monoisotopic (exact) mass is 473 g/mol. The highest BCUT2D eigenvalue weighted by Crippen LogP contribution is 2.35. The van der Waals surface area contributed by atoms with E-state index in [1.807, 2.05) is 30.3 Å². The molecule has 1 aliphatic rings. The summed E-state index contributed by atoms with van der Waals surface area (Å²) in [5, 5.41) is 12.8. The molecule has 1 atom stereocenters. The van der Waals surface area contributed by atoms with Gasteiger partial charge in [0.1, 0.15) is 15.0 Å². The van der Waals surface area contributed by atoms with Crippen molar-refractivity contribution in [2.45, 2.75) is 12.5 Å². The van der Waals surface area contributed by atoms with Gasteiger partial charge in [-0.1, -0.05) is 36.4 Å². The molecule has 9 nitrogen and oxygen atoms in total. The first-order chi connectivity index (χ1) is 16.5. The zero-order valence-electron chi connectivity index (χ0n) is 18.0. The Morgan fingerprint density at radius 2 is 2.06 bits per heavy atom. The summed E-state index contributed by atoms with van der Waals surface area (Å²) < 4.78 is 6.00. The molecular weight excluding hydrogens is 454 g/mol. The lowest BCUT2D eigenvalue weighted by Crippen LogP contribution is -2.42. The highest BCUT2D eigenvalue weighted by atomic mass is 32.1. The van der Waals surface area contributed by atoms with E-state index < -0.39 is 23.4 Å². The summed E-state index contributed by atoms with van der Waals surface area (Å²) in [7, 11) is 1.19. The molecule has 0 radical (unpaired) electrons. The summed E-state index contributed by atoms with van der Waals surface area (Å²) in [6, 6.07) is 14.8. The Balaban J connectivity index is 1.97. The number of nitrogens with two attached hydrogens (primary N) is 1. The van der Waals surface area contributed by atoms with Crippen LogP contribution in [0.3, 0.4) is 0 Å². The Kier molecular flexibility index (Phi) is 6.38. The van der Waals surface area contributed by atoms with Crippen molar-refractivity contribution in [3.05, 3.63) is 91.1 Å². The second kappa shape index (κ2) is 9.56. The van der Waals surface area contributed by atoms with Crippen molar-refractivity contribution >= 4 is 40.7 Å². The molecule has 0 bridgehead atoms. The van der Waals surface area contributed by atoms with Crippen molar-refractivity contribution in [3.63, 3.8) is 0 Å². The van der Waals surface area contributed by atoms with E-state index in [0.29, 0.717) is 5.56 Å². The number of aromatic nitrogens is 2. The van der Waals surface area contributed by atoms with Gasteiger partial charge in [0.05, 0.1) is 30.2 Å². The molecule has 0 fully saturated rings. The van der Waals surface area contributed by atoms with Crippen LogP contribution in [0.4, 0.5) is 0 Å². The van der Waals surface area contributed by atoms with E-state index in [4.69, 9.17) is 5.73 Å². The van der Waals surface area contributed by atoms with Gasteiger partial charge in [0.2, 0.25) is 0 Å². The number of ether oxygens (including phenoxy) is 1. The van der Waals surface area contributed by atoms with E-state index in [1.54, 1.807) is 24.5 Å². The van der Waals surface area contributed by atoms with Gasteiger partial charge >= 0.3 is 5.97 Å². The van der Waals surface area contributed by atoms with Crippen LogP contribution in [0, 0.1) is 11.3 Å². The van der Waals surface area contributed by atoms with Crippen molar-refractivity contribution in [2.24, 2.45) is 5.73 Å². The molecule has 3 heterocycles. The van der Waals surface area contributed by atoms with Crippen molar-refractivity contribution in [2.75, 3.05) is 7.11 Å².